The molecule has 0 amide bonds. The molecule has 2 heteroatoms. The summed E-state index contributed by atoms with van der Waals surface area (Å²) in [4.78, 5) is 2.42. The van der Waals surface area contributed by atoms with Crippen molar-refractivity contribution in [3.8, 4) is 0 Å². The van der Waals surface area contributed by atoms with Crippen LogP contribution in [-0.4, -0.2) is 38.3 Å². The molecule has 84 valence electrons. The zero-order chi connectivity index (χ0) is 10.4. The molecule has 1 heterocycles. The van der Waals surface area contributed by atoms with Gasteiger partial charge >= 0.3 is 0 Å². The van der Waals surface area contributed by atoms with Crippen molar-refractivity contribution in [3.05, 3.63) is 0 Å². The van der Waals surface area contributed by atoms with Crippen LogP contribution >= 0.6 is 0 Å². The van der Waals surface area contributed by atoms with Crippen molar-refractivity contribution >= 4 is 0 Å². The highest BCUT2D eigenvalue weighted by molar-refractivity contribution is 4.69. The predicted octanol–water partition coefficient (Wildman–Crippen LogP) is 2.39. The van der Waals surface area contributed by atoms with Gasteiger partial charge in [-0.05, 0) is 44.7 Å². The maximum atomic E-state index is 5.71. The van der Waals surface area contributed by atoms with E-state index in [1.54, 1.807) is 0 Å². The lowest BCUT2D eigenvalue weighted by Crippen LogP contribution is -2.34. The highest BCUT2D eigenvalue weighted by atomic mass is 16.5. The fourth-order valence-corrected chi connectivity index (χ4v) is 1.98. The van der Waals surface area contributed by atoms with Gasteiger partial charge in [0.05, 0.1) is 6.61 Å². The van der Waals surface area contributed by atoms with Crippen LogP contribution in [-0.2, 0) is 4.74 Å². The molecule has 1 fully saturated rings. The molecule has 0 saturated carbocycles. The van der Waals surface area contributed by atoms with Gasteiger partial charge < -0.3 is 9.64 Å². The van der Waals surface area contributed by atoms with E-state index in [2.05, 4.69) is 25.8 Å². The van der Waals surface area contributed by atoms with Crippen LogP contribution in [0.4, 0.5) is 0 Å². The van der Waals surface area contributed by atoms with Crippen molar-refractivity contribution in [3.63, 3.8) is 0 Å². The predicted molar refractivity (Wildman–Crippen MR) is 60.5 cm³/mol. The normalized spacial score (nSPS) is 24.4. The summed E-state index contributed by atoms with van der Waals surface area (Å²) in [5.74, 6) is 1.55. The molecule has 14 heavy (non-hydrogen) atoms. The van der Waals surface area contributed by atoms with E-state index >= 15 is 0 Å². The molecule has 0 radical (unpaired) electrons. The summed E-state index contributed by atoms with van der Waals surface area (Å²) >= 11 is 0. The average Bonchev–Trinajstić information content (AvgIpc) is 2.12. The van der Waals surface area contributed by atoms with E-state index in [4.69, 9.17) is 4.74 Å². The summed E-state index contributed by atoms with van der Waals surface area (Å²) in [6, 6.07) is 0. The molecular formula is C12H25NO. The Kier molecular flexibility index (Phi) is 5.49. The number of nitrogens with zero attached hydrogens (tertiary/aromatic N) is 1. The third kappa shape index (κ3) is 4.97. The van der Waals surface area contributed by atoms with E-state index < -0.39 is 0 Å². The van der Waals surface area contributed by atoms with E-state index in [9.17, 15) is 0 Å². The van der Waals surface area contributed by atoms with Crippen molar-refractivity contribution in [2.24, 2.45) is 11.8 Å². The zero-order valence-electron chi connectivity index (χ0n) is 9.96. The molecule has 0 aromatic heterocycles. The average molecular weight is 199 g/mol. The summed E-state index contributed by atoms with van der Waals surface area (Å²) < 4.78 is 5.71. The molecule has 0 aromatic rings. The summed E-state index contributed by atoms with van der Waals surface area (Å²) in [7, 11) is 2.21. The Bertz CT molecular complexity index is 147. The third-order valence-corrected chi connectivity index (χ3v) is 2.92. The Morgan fingerprint density at radius 3 is 2.86 bits per heavy atom. The van der Waals surface area contributed by atoms with Gasteiger partial charge in [0.25, 0.3) is 0 Å². The molecule has 1 unspecified atom stereocenters. The Balaban J connectivity index is 2.00. The number of hydrogen-bond acceptors (Lipinski definition) is 2. The van der Waals surface area contributed by atoms with Gasteiger partial charge in [0.2, 0.25) is 0 Å². The maximum Gasteiger partial charge on any atom is 0.0506 e. The molecule has 1 saturated heterocycles. The van der Waals surface area contributed by atoms with E-state index in [0.717, 1.165) is 25.0 Å². The maximum absolute atomic E-state index is 5.71. The topological polar surface area (TPSA) is 12.5 Å². The second-order valence-corrected chi connectivity index (χ2v) is 5.03. The Hall–Kier alpha value is -0.0800. The van der Waals surface area contributed by atoms with E-state index in [0.29, 0.717) is 0 Å². The van der Waals surface area contributed by atoms with Gasteiger partial charge in [0, 0.05) is 13.2 Å². The van der Waals surface area contributed by atoms with Crippen molar-refractivity contribution < 1.29 is 4.74 Å². The molecule has 0 bridgehead atoms. The summed E-state index contributed by atoms with van der Waals surface area (Å²) in [6.45, 7) is 8.90. The molecular weight excluding hydrogens is 174 g/mol. The first-order valence-electron chi connectivity index (χ1n) is 5.94. The quantitative estimate of drug-likeness (QED) is 0.630. The molecule has 0 spiro atoms. The molecule has 0 N–H and O–H groups in total. The van der Waals surface area contributed by atoms with Crippen LogP contribution in [0.1, 0.15) is 33.1 Å². The molecule has 1 rings (SSSR count). The van der Waals surface area contributed by atoms with Crippen LogP contribution in [0, 0.1) is 11.8 Å². The van der Waals surface area contributed by atoms with Gasteiger partial charge in [-0.25, -0.2) is 0 Å². The smallest absolute Gasteiger partial charge is 0.0506 e. The fourth-order valence-electron chi connectivity index (χ4n) is 1.98. The lowest BCUT2D eigenvalue weighted by atomic mass is 10.00. The van der Waals surface area contributed by atoms with Crippen molar-refractivity contribution in [1.82, 2.24) is 4.90 Å². The van der Waals surface area contributed by atoms with Gasteiger partial charge in [-0.2, -0.15) is 0 Å². The number of ether oxygens (including phenoxy) is 1. The van der Waals surface area contributed by atoms with Crippen molar-refractivity contribution in [1.29, 1.82) is 0 Å². The van der Waals surface area contributed by atoms with Crippen LogP contribution in [0.25, 0.3) is 0 Å². The second-order valence-electron chi connectivity index (χ2n) is 5.03. The van der Waals surface area contributed by atoms with E-state index in [1.165, 1.54) is 32.4 Å². The van der Waals surface area contributed by atoms with Crippen LogP contribution in [0.2, 0.25) is 0 Å². The molecule has 0 aliphatic carbocycles. The minimum Gasteiger partial charge on any atom is -0.381 e. The standard InChI is InChI=1S/C12H25NO/c1-11(2)6-8-14-10-12-5-4-7-13(3)9-12/h11-12H,4-10H2,1-3H3. The van der Waals surface area contributed by atoms with Crippen LogP contribution < -0.4 is 0 Å². The molecule has 2 nitrogen and oxygen atoms in total. The summed E-state index contributed by atoms with van der Waals surface area (Å²) in [5, 5.41) is 0. The highest BCUT2D eigenvalue weighted by Gasteiger charge is 2.16. The zero-order valence-corrected chi connectivity index (χ0v) is 9.96. The molecule has 1 aliphatic heterocycles. The molecule has 0 aromatic carbocycles. The number of hydrogen-bond donors (Lipinski definition) is 0. The number of likely N-dealkylation sites (tertiary alicyclic amines) is 1. The van der Waals surface area contributed by atoms with Gasteiger partial charge in [-0.3, -0.25) is 0 Å². The minimum atomic E-state index is 0.768. The summed E-state index contributed by atoms with van der Waals surface area (Å²) in [6.07, 6.45) is 3.89. The lowest BCUT2D eigenvalue weighted by molar-refractivity contribution is 0.0620. The van der Waals surface area contributed by atoms with E-state index in [-0.39, 0.29) is 0 Å². The van der Waals surface area contributed by atoms with Crippen LogP contribution in [0.5, 0.6) is 0 Å². The van der Waals surface area contributed by atoms with E-state index in [1.807, 2.05) is 0 Å². The SMILES string of the molecule is CC(C)CCOCC1CCCN(C)C1. The first-order chi connectivity index (χ1) is 6.68. The lowest BCUT2D eigenvalue weighted by Gasteiger charge is -2.29. The second kappa shape index (κ2) is 6.41. The van der Waals surface area contributed by atoms with Crippen molar-refractivity contribution in [2.45, 2.75) is 33.1 Å². The first-order valence-corrected chi connectivity index (χ1v) is 5.94. The summed E-state index contributed by atoms with van der Waals surface area (Å²) in [5.41, 5.74) is 0. The number of rotatable bonds is 5. The Morgan fingerprint density at radius 2 is 2.21 bits per heavy atom. The number of piperidine rings is 1. The third-order valence-electron chi connectivity index (χ3n) is 2.92. The highest BCUT2D eigenvalue weighted by Crippen LogP contribution is 2.15. The Labute approximate surface area is 88.6 Å². The van der Waals surface area contributed by atoms with Gasteiger partial charge in [-0.1, -0.05) is 13.8 Å². The van der Waals surface area contributed by atoms with Crippen LogP contribution in [0.3, 0.4) is 0 Å². The molecule has 1 aliphatic rings. The van der Waals surface area contributed by atoms with Gasteiger partial charge in [-0.15, -0.1) is 0 Å². The largest absolute Gasteiger partial charge is 0.381 e. The molecule has 1 atom stereocenters. The Morgan fingerprint density at radius 1 is 1.43 bits per heavy atom. The fraction of sp³-hybridized carbons (Fsp3) is 1.00. The van der Waals surface area contributed by atoms with Gasteiger partial charge in [0.1, 0.15) is 0 Å². The van der Waals surface area contributed by atoms with Crippen molar-refractivity contribution in [2.75, 3.05) is 33.4 Å². The first kappa shape index (κ1) is 12.0. The minimum absolute atomic E-state index is 0.768. The monoisotopic (exact) mass is 199 g/mol. The van der Waals surface area contributed by atoms with Gasteiger partial charge in [0.15, 0.2) is 0 Å². The van der Waals surface area contributed by atoms with Crippen LogP contribution in [0.15, 0.2) is 0 Å².